The van der Waals surface area contributed by atoms with Gasteiger partial charge in [-0.05, 0) is 18.2 Å². The number of thioether (sulfide) groups is 1. The third kappa shape index (κ3) is 3.63. The first-order chi connectivity index (χ1) is 9.26. The van der Waals surface area contributed by atoms with Crippen molar-refractivity contribution in [2.24, 2.45) is 0 Å². The van der Waals surface area contributed by atoms with E-state index in [2.05, 4.69) is 9.72 Å². The molecule has 1 aromatic heterocycles. The molecule has 20 heavy (non-hydrogen) atoms. The number of ether oxygens (including phenoxy) is 2. The van der Waals surface area contributed by atoms with E-state index in [4.69, 9.17) is 4.74 Å². The van der Waals surface area contributed by atoms with Gasteiger partial charge in [-0.15, -0.1) is 11.8 Å². The topological polar surface area (TPSA) is 48.4 Å². The zero-order valence-electron chi connectivity index (χ0n) is 10.9. The van der Waals surface area contributed by atoms with Gasteiger partial charge in [0, 0.05) is 22.2 Å². The summed E-state index contributed by atoms with van der Waals surface area (Å²) in [6.45, 7) is 0. The van der Waals surface area contributed by atoms with E-state index in [0.717, 1.165) is 21.5 Å². The molecule has 1 aromatic carbocycles. The van der Waals surface area contributed by atoms with E-state index in [1.165, 1.54) is 7.11 Å². The molecule has 2 rings (SSSR count). The van der Waals surface area contributed by atoms with Gasteiger partial charge in [0.05, 0.1) is 26.2 Å². The van der Waals surface area contributed by atoms with Crippen LogP contribution in [0, 0.1) is 0 Å². The number of hydrogen-bond acceptors (Lipinski definition) is 5. The number of benzene rings is 1. The van der Waals surface area contributed by atoms with E-state index in [1.54, 1.807) is 25.1 Å². The Balaban J connectivity index is 0.00000200. The van der Waals surface area contributed by atoms with Gasteiger partial charge in [0.15, 0.2) is 0 Å². The molecule has 2 aromatic rings. The average Bonchev–Trinajstić information content (AvgIpc) is 2.46. The normalized spacial score (nSPS) is 9.90. The Bertz CT molecular complexity index is 586. The van der Waals surface area contributed by atoms with Crippen molar-refractivity contribution in [2.45, 2.75) is 18.7 Å². The summed E-state index contributed by atoms with van der Waals surface area (Å²) >= 11 is 1.59. The third-order valence-corrected chi connectivity index (χ3v) is 3.75. The summed E-state index contributed by atoms with van der Waals surface area (Å²) in [5.41, 5.74) is 0.900. The van der Waals surface area contributed by atoms with Crippen molar-refractivity contribution >= 4 is 28.6 Å². The van der Waals surface area contributed by atoms with Gasteiger partial charge in [-0.1, -0.05) is 13.5 Å². The minimum absolute atomic E-state index is 0. The molecule has 0 saturated carbocycles. The molecule has 4 nitrogen and oxygen atoms in total. The molecule has 0 radical (unpaired) electrons. The second kappa shape index (κ2) is 7.75. The average molecular weight is 293 g/mol. The molecule has 5 heteroatoms. The number of rotatable bonds is 5. The summed E-state index contributed by atoms with van der Waals surface area (Å²) < 4.78 is 9.94. The number of carbonyl (C=O) groups excluding carboxylic acids is 1. The summed E-state index contributed by atoms with van der Waals surface area (Å²) in [5, 5.41) is 0.980. The van der Waals surface area contributed by atoms with Crippen molar-refractivity contribution < 1.29 is 14.3 Å². The molecule has 0 amide bonds. The molecule has 0 aliphatic rings. The van der Waals surface area contributed by atoms with Crippen molar-refractivity contribution in [3.8, 4) is 5.75 Å². The lowest BCUT2D eigenvalue weighted by molar-refractivity contribution is -0.140. The number of para-hydroxylation sites is 1. The first-order valence-corrected chi connectivity index (χ1v) is 6.86. The zero-order valence-corrected chi connectivity index (χ0v) is 11.7. The second-order valence-corrected chi connectivity index (χ2v) is 4.98. The van der Waals surface area contributed by atoms with Crippen molar-refractivity contribution in [3.63, 3.8) is 0 Å². The zero-order chi connectivity index (χ0) is 13.7. The van der Waals surface area contributed by atoms with Crippen molar-refractivity contribution in [3.05, 3.63) is 30.5 Å². The van der Waals surface area contributed by atoms with Crippen molar-refractivity contribution in [2.75, 3.05) is 20.0 Å². The van der Waals surface area contributed by atoms with Gasteiger partial charge < -0.3 is 9.47 Å². The maximum atomic E-state index is 11.1. The van der Waals surface area contributed by atoms with Crippen LogP contribution < -0.4 is 4.74 Å². The largest absolute Gasteiger partial charge is 0.496 e. The smallest absolute Gasteiger partial charge is 0.306 e. The van der Waals surface area contributed by atoms with Crippen LogP contribution in [0.4, 0.5) is 0 Å². The van der Waals surface area contributed by atoms with Gasteiger partial charge in [0.25, 0.3) is 0 Å². The highest BCUT2D eigenvalue weighted by molar-refractivity contribution is 7.99. The van der Waals surface area contributed by atoms with Crippen molar-refractivity contribution in [1.82, 2.24) is 4.98 Å². The highest BCUT2D eigenvalue weighted by atomic mass is 32.2. The summed E-state index contributed by atoms with van der Waals surface area (Å²) in [6.07, 6.45) is 2.12. The molecule has 0 aliphatic heterocycles. The van der Waals surface area contributed by atoms with Crippen LogP contribution in [0.1, 0.15) is 13.8 Å². The van der Waals surface area contributed by atoms with Crippen LogP contribution in [-0.4, -0.2) is 30.9 Å². The maximum Gasteiger partial charge on any atom is 0.306 e. The van der Waals surface area contributed by atoms with Crippen molar-refractivity contribution in [1.29, 1.82) is 0 Å². The van der Waals surface area contributed by atoms with Crippen LogP contribution in [0.25, 0.3) is 10.9 Å². The summed E-state index contributed by atoms with van der Waals surface area (Å²) in [4.78, 5) is 16.5. The van der Waals surface area contributed by atoms with E-state index in [0.29, 0.717) is 12.2 Å². The molecule has 0 atom stereocenters. The molecule has 0 spiro atoms. The third-order valence-electron chi connectivity index (χ3n) is 2.71. The van der Waals surface area contributed by atoms with Gasteiger partial charge in [0.1, 0.15) is 5.75 Å². The Kier molecular flexibility index (Phi) is 6.31. The predicted molar refractivity (Wildman–Crippen MR) is 82.4 cm³/mol. The number of esters is 1. The molecule has 0 fully saturated rings. The standard InChI is InChI=1S/C14H15NO3S.CH4/c1-17-11-6-8-15-14-10(11)4-3-5-12(14)19-9-7-13(16)18-2;/h3-6,8H,7,9H2,1-2H3;1H4. The summed E-state index contributed by atoms with van der Waals surface area (Å²) in [6, 6.07) is 7.78. The lowest BCUT2D eigenvalue weighted by Crippen LogP contribution is -2.01. The molecule has 0 bridgehead atoms. The number of pyridine rings is 1. The number of methoxy groups -OCH3 is 2. The molecule has 0 aliphatic carbocycles. The number of fused-ring (bicyclic) bond motifs is 1. The Morgan fingerprint density at radius 2 is 2.10 bits per heavy atom. The summed E-state index contributed by atoms with van der Waals surface area (Å²) in [7, 11) is 3.04. The number of nitrogens with zero attached hydrogens (tertiary/aromatic N) is 1. The first kappa shape index (κ1) is 16.3. The quantitative estimate of drug-likeness (QED) is 0.623. The fourth-order valence-corrected chi connectivity index (χ4v) is 2.73. The Labute approximate surface area is 123 Å². The Hall–Kier alpha value is -1.75. The maximum absolute atomic E-state index is 11.1. The lowest BCUT2D eigenvalue weighted by Gasteiger charge is -2.08. The van der Waals surface area contributed by atoms with Crippen LogP contribution in [-0.2, 0) is 9.53 Å². The Morgan fingerprint density at radius 3 is 2.80 bits per heavy atom. The van der Waals surface area contributed by atoms with Gasteiger partial charge in [-0.2, -0.15) is 0 Å². The van der Waals surface area contributed by atoms with E-state index in [-0.39, 0.29) is 13.4 Å². The van der Waals surface area contributed by atoms with Crippen LogP contribution in [0.3, 0.4) is 0 Å². The fraction of sp³-hybridized carbons (Fsp3) is 0.333. The molecule has 0 saturated heterocycles. The number of aromatic nitrogens is 1. The van der Waals surface area contributed by atoms with E-state index >= 15 is 0 Å². The Morgan fingerprint density at radius 1 is 1.30 bits per heavy atom. The fourth-order valence-electron chi connectivity index (χ4n) is 1.76. The summed E-state index contributed by atoms with van der Waals surface area (Å²) in [5.74, 6) is 1.28. The van der Waals surface area contributed by atoms with E-state index in [9.17, 15) is 4.79 Å². The number of carbonyl (C=O) groups is 1. The van der Waals surface area contributed by atoms with Crippen LogP contribution in [0.2, 0.25) is 0 Å². The first-order valence-electron chi connectivity index (χ1n) is 5.87. The molecular weight excluding hydrogens is 274 g/mol. The van der Waals surface area contributed by atoms with Gasteiger partial charge >= 0.3 is 5.97 Å². The molecule has 1 heterocycles. The predicted octanol–water partition coefficient (Wildman–Crippen LogP) is 3.53. The van der Waals surface area contributed by atoms with Crippen LogP contribution >= 0.6 is 11.8 Å². The van der Waals surface area contributed by atoms with E-state index < -0.39 is 0 Å². The van der Waals surface area contributed by atoms with Gasteiger partial charge in [-0.3, -0.25) is 9.78 Å². The molecule has 0 N–H and O–H groups in total. The van der Waals surface area contributed by atoms with Crippen LogP contribution in [0.5, 0.6) is 5.75 Å². The van der Waals surface area contributed by atoms with Crippen LogP contribution in [0.15, 0.2) is 35.4 Å². The van der Waals surface area contributed by atoms with Gasteiger partial charge in [-0.25, -0.2) is 0 Å². The molecule has 108 valence electrons. The molecular formula is C15H19NO3S. The second-order valence-electron chi connectivity index (χ2n) is 3.84. The minimum atomic E-state index is -0.196. The number of hydrogen-bond donors (Lipinski definition) is 0. The van der Waals surface area contributed by atoms with E-state index in [1.807, 2.05) is 24.3 Å². The SMILES string of the molecule is C.COC(=O)CCSc1cccc2c(OC)ccnc12. The monoisotopic (exact) mass is 293 g/mol. The van der Waals surface area contributed by atoms with Gasteiger partial charge in [0.2, 0.25) is 0 Å². The highest BCUT2D eigenvalue weighted by Gasteiger charge is 2.08. The molecule has 0 unspecified atom stereocenters. The lowest BCUT2D eigenvalue weighted by atomic mass is 10.2. The highest BCUT2D eigenvalue weighted by Crippen LogP contribution is 2.31. The minimum Gasteiger partial charge on any atom is -0.496 e.